The van der Waals surface area contributed by atoms with Gasteiger partial charge in [0.1, 0.15) is 0 Å². The number of sulfonamides is 1. The van der Waals surface area contributed by atoms with Crippen LogP contribution in [0, 0.1) is 0 Å². The van der Waals surface area contributed by atoms with Gasteiger partial charge in [-0.15, -0.1) is 0 Å². The molecule has 1 atom stereocenters. The van der Waals surface area contributed by atoms with Gasteiger partial charge in [0.25, 0.3) is 0 Å². The van der Waals surface area contributed by atoms with Gasteiger partial charge < -0.3 is 10.5 Å². The standard InChI is InChI=1S/C13H19BrN2O3S/c1-9-7-16(8-13(2,3)19-9)20(17,18)10-4-5-11(14)12(15)6-10/h4-6,9H,7-8,15H2,1-3H3. The zero-order valence-corrected chi connectivity index (χ0v) is 14.2. The summed E-state index contributed by atoms with van der Waals surface area (Å²) >= 11 is 3.27. The maximum Gasteiger partial charge on any atom is 0.243 e. The second-order valence-corrected chi connectivity index (χ2v) is 8.46. The molecule has 1 aliphatic rings. The van der Waals surface area contributed by atoms with Crippen molar-refractivity contribution in [1.29, 1.82) is 0 Å². The third kappa shape index (κ3) is 3.16. The van der Waals surface area contributed by atoms with Crippen LogP contribution >= 0.6 is 15.9 Å². The number of nitrogen functional groups attached to an aromatic ring is 1. The molecule has 0 amide bonds. The van der Waals surface area contributed by atoms with Crippen molar-refractivity contribution in [2.45, 2.75) is 37.4 Å². The molecule has 1 unspecified atom stereocenters. The summed E-state index contributed by atoms with van der Waals surface area (Å²) in [6.45, 7) is 6.33. The molecule has 0 spiro atoms. The molecule has 5 nitrogen and oxygen atoms in total. The molecule has 1 fully saturated rings. The van der Waals surface area contributed by atoms with E-state index in [1.165, 1.54) is 10.4 Å². The van der Waals surface area contributed by atoms with Crippen LogP contribution in [0.15, 0.2) is 27.6 Å². The minimum Gasteiger partial charge on any atom is -0.398 e. The predicted molar refractivity (Wildman–Crippen MR) is 81.9 cm³/mol. The fraction of sp³-hybridized carbons (Fsp3) is 0.538. The normalized spacial score (nSPS) is 23.7. The van der Waals surface area contributed by atoms with Crippen LogP contribution in [0.25, 0.3) is 0 Å². The summed E-state index contributed by atoms with van der Waals surface area (Å²) in [6.07, 6.45) is -0.138. The van der Waals surface area contributed by atoms with Gasteiger partial charge in [0.15, 0.2) is 0 Å². The Hall–Kier alpha value is -0.630. The topological polar surface area (TPSA) is 72.6 Å². The Labute approximate surface area is 128 Å². The van der Waals surface area contributed by atoms with E-state index in [2.05, 4.69) is 15.9 Å². The largest absolute Gasteiger partial charge is 0.398 e. The number of hydrogen-bond donors (Lipinski definition) is 1. The van der Waals surface area contributed by atoms with Crippen LogP contribution < -0.4 is 5.73 Å². The molecule has 0 aromatic heterocycles. The fourth-order valence-corrected chi connectivity index (χ4v) is 4.36. The molecule has 20 heavy (non-hydrogen) atoms. The molecule has 1 aromatic carbocycles. The molecular formula is C13H19BrN2O3S. The number of morpholine rings is 1. The second kappa shape index (κ2) is 5.29. The van der Waals surface area contributed by atoms with E-state index in [9.17, 15) is 8.42 Å². The molecular weight excluding hydrogens is 344 g/mol. The Kier molecular flexibility index (Phi) is 4.17. The molecule has 1 aliphatic heterocycles. The Balaban J connectivity index is 2.36. The van der Waals surface area contributed by atoms with E-state index < -0.39 is 15.6 Å². The zero-order valence-electron chi connectivity index (χ0n) is 11.8. The van der Waals surface area contributed by atoms with E-state index in [0.29, 0.717) is 23.2 Å². The van der Waals surface area contributed by atoms with E-state index in [4.69, 9.17) is 10.5 Å². The highest BCUT2D eigenvalue weighted by atomic mass is 79.9. The highest BCUT2D eigenvalue weighted by Gasteiger charge is 2.37. The number of nitrogens with two attached hydrogens (primary N) is 1. The lowest BCUT2D eigenvalue weighted by Gasteiger charge is -2.40. The van der Waals surface area contributed by atoms with Crippen molar-refractivity contribution >= 4 is 31.6 Å². The molecule has 0 bridgehead atoms. The van der Waals surface area contributed by atoms with Gasteiger partial charge >= 0.3 is 0 Å². The minimum absolute atomic E-state index is 0.138. The van der Waals surface area contributed by atoms with Crippen LogP contribution in [0.3, 0.4) is 0 Å². The molecule has 112 valence electrons. The first kappa shape index (κ1) is 15.8. The third-order valence-electron chi connectivity index (χ3n) is 3.14. The average molecular weight is 363 g/mol. The van der Waals surface area contributed by atoms with E-state index in [1.54, 1.807) is 12.1 Å². The summed E-state index contributed by atoms with van der Waals surface area (Å²) in [5.74, 6) is 0. The van der Waals surface area contributed by atoms with Crippen LogP contribution in [0.2, 0.25) is 0 Å². The summed E-state index contributed by atoms with van der Waals surface area (Å²) in [5.41, 5.74) is 5.69. The first-order chi connectivity index (χ1) is 9.12. The molecule has 0 radical (unpaired) electrons. The Morgan fingerprint density at radius 3 is 2.65 bits per heavy atom. The molecule has 0 saturated carbocycles. The van der Waals surface area contributed by atoms with Crippen LogP contribution in [0.4, 0.5) is 5.69 Å². The predicted octanol–water partition coefficient (Wildman–Crippen LogP) is 2.22. The summed E-state index contributed by atoms with van der Waals surface area (Å²) in [7, 11) is -3.55. The van der Waals surface area contributed by atoms with Gasteiger partial charge in [0, 0.05) is 23.2 Å². The van der Waals surface area contributed by atoms with Gasteiger partial charge in [-0.25, -0.2) is 8.42 Å². The third-order valence-corrected chi connectivity index (χ3v) is 5.67. The molecule has 1 heterocycles. The fourth-order valence-electron chi connectivity index (χ4n) is 2.41. The second-order valence-electron chi connectivity index (χ2n) is 5.67. The van der Waals surface area contributed by atoms with Crippen molar-refractivity contribution in [2.75, 3.05) is 18.8 Å². The van der Waals surface area contributed by atoms with Gasteiger partial charge in [0.2, 0.25) is 10.0 Å². The van der Waals surface area contributed by atoms with Crippen LogP contribution in [-0.2, 0) is 14.8 Å². The molecule has 2 rings (SSSR count). The SMILES string of the molecule is CC1CN(S(=O)(=O)c2ccc(Br)c(N)c2)CC(C)(C)O1. The lowest BCUT2D eigenvalue weighted by atomic mass is 10.1. The Morgan fingerprint density at radius 2 is 2.10 bits per heavy atom. The first-order valence-corrected chi connectivity index (χ1v) is 8.58. The average Bonchev–Trinajstić information content (AvgIpc) is 2.30. The maximum absolute atomic E-state index is 12.7. The quantitative estimate of drug-likeness (QED) is 0.818. The number of halogens is 1. The Morgan fingerprint density at radius 1 is 1.45 bits per heavy atom. The molecule has 0 aliphatic carbocycles. The van der Waals surface area contributed by atoms with Crippen LogP contribution in [0.5, 0.6) is 0 Å². The highest BCUT2D eigenvalue weighted by Crippen LogP contribution is 2.29. The van der Waals surface area contributed by atoms with Gasteiger partial charge in [-0.2, -0.15) is 4.31 Å². The number of nitrogens with zero attached hydrogens (tertiary/aromatic N) is 1. The minimum atomic E-state index is -3.55. The van der Waals surface area contributed by atoms with Crippen LogP contribution in [0.1, 0.15) is 20.8 Å². The lowest BCUT2D eigenvalue weighted by molar-refractivity contribution is -0.109. The van der Waals surface area contributed by atoms with E-state index in [0.717, 1.165) is 0 Å². The number of hydrogen-bond acceptors (Lipinski definition) is 4. The Bertz CT molecular complexity index is 616. The van der Waals surface area contributed by atoms with E-state index in [1.807, 2.05) is 20.8 Å². The monoisotopic (exact) mass is 362 g/mol. The number of benzene rings is 1. The van der Waals surface area contributed by atoms with Crippen LogP contribution in [-0.4, -0.2) is 37.5 Å². The number of anilines is 1. The van der Waals surface area contributed by atoms with Gasteiger partial charge in [-0.05, 0) is 54.9 Å². The first-order valence-electron chi connectivity index (χ1n) is 6.35. The van der Waals surface area contributed by atoms with E-state index >= 15 is 0 Å². The zero-order chi connectivity index (χ0) is 15.1. The van der Waals surface area contributed by atoms with Gasteiger partial charge in [-0.3, -0.25) is 0 Å². The summed E-state index contributed by atoms with van der Waals surface area (Å²) in [5, 5.41) is 0. The number of ether oxygens (including phenoxy) is 1. The molecule has 2 N–H and O–H groups in total. The van der Waals surface area contributed by atoms with Gasteiger partial charge in [0.05, 0.1) is 16.6 Å². The van der Waals surface area contributed by atoms with Gasteiger partial charge in [-0.1, -0.05) is 0 Å². The van der Waals surface area contributed by atoms with Crippen molar-refractivity contribution in [3.63, 3.8) is 0 Å². The van der Waals surface area contributed by atoms with Crippen molar-refractivity contribution < 1.29 is 13.2 Å². The number of rotatable bonds is 2. The van der Waals surface area contributed by atoms with Crippen molar-refractivity contribution in [3.05, 3.63) is 22.7 Å². The molecule has 7 heteroatoms. The summed E-state index contributed by atoms with van der Waals surface area (Å²) in [6, 6.07) is 4.69. The lowest BCUT2D eigenvalue weighted by Crippen LogP contribution is -2.53. The smallest absolute Gasteiger partial charge is 0.243 e. The molecule has 1 aromatic rings. The van der Waals surface area contributed by atoms with E-state index in [-0.39, 0.29) is 11.0 Å². The maximum atomic E-state index is 12.7. The van der Waals surface area contributed by atoms with Crippen molar-refractivity contribution in [2.24, 2.45) is 0 Å². The van der Waals surface area contributed by atoms with Crippen molar-refractivity contribution in [3.8, 4) is 0 Å². The molecule has 1 saturated heterocycles. The summed E-state index contributed by atoms with van der Waals surface area (Å²) in [4.78, 5) is 0.211. The van der Waals surface area contributed by atoms with Crippen molar-refractivity contribution in [1.82, 2.24) is 4.31 Å². The highest BCUT2D eigenvalue weighted by molar-refractivity contribution is 9.10. The summed E-state index contributed by atoms with van der Waals surface area (Å²) < 4.78 is 33.3.